The van der Waals surface area contributed by atoms with Crippen LogP contribution in [0.1, 0.15) is 57.3 Å². The minimum Gasteiger partial charge on any atom is -0.495 e. The Morgan fingerprint density at radius 3 is 2.46 bits per heavy atom. The van der Waals surface area contributed by atoms with Crippen LogP contribution in [-0.2, 0) is 10.0 Å². The van der Waals surface area contributed by atoms with E-state index >= 15 is 0 Å². The molecule has 0 heterocycles. The van der Waals surface area contributed by atoms with E-state index in [0.717, 1.165) is 25.8 Å². The van der Waals surface area contributed by atoms with Crippen molar-refractivity contribution in [1.82, 2.24) is 9.62 Å². The van der Waals surface area contributed by atoms with Gasteiger partial charge in [0.25, 0.3) is 5.91 Å². The molecule has 1 aliphatic carbocycles. The molecule has 0 bridgehead atoms. The zero-order chi connectivity index (χ0) is 19.5. The minimum absolute atomic E-state index is 0.0105. The maximum atomic E-state index is 12.9. The highest BCUT2D eigenvalue weighted by Gasteiger charge is 2.29. The number of amides is 1. The van der Waals surface area contributed by atoms with Gasteiger partial charge in [0.05, 0.1) is 7.11 Å². The number of carbonyl (C=O) groups excluding carboxylic acids is 1. The second-order valence-electron chi connectivity index (χ2n) is 7.92. The van der Waals surface area contributed by atoms with Gasteiger partial charge in [-0.1, -0.05) is 6.92 Å². The molecule has 1 aromatic carbocycles. The van der Waals surface area contributed by atoms with Crippen molar-refractivity contribution in [3.05, 3.63) is 23.8 Å². The van der Waals surface area contributed by atoms with Gasteiger partial charge in [-0.15, -0.1) is 0 Å². The number of hydrogen-bond acceptors (Lipinski definition) is 4. The van der Waals surface area contributed by atoms with Gasteiger partial charge < -0.3 is 9.64 Å². The van der Waals surface area contributed by atoms with Gasteiger partial charge in [-0.3, -0.25) is 4.79 Å². The molecule has 2 rings (SSSR count). The van der Waals surface area contributed by atoms with Crippen LogP contribution in [-0.4, -0.2) is 45.0 Å². The third kappa shape index (κ3) is 5.45. The van der Waals surface area contributed by atoms with E-state index in [0.29, 0.717) is 18.0 Å². The predicted molar refractivity (Wildman–Crippen MR) is 102 cm³/mol. The number of methoxy groups -OCH3 is 1. The number of carbonyl (C=O) groups is 1. The van der Waals surface area contributed by atoms with Crippen LogP contribution in [0.3, 0.4) is 0 Å². The third-order valence-corrected chi connectivity index (χ3v) is 5.88. The maximum Gasteiger partial charge on any atom is 0.253 e. The lowest BCUT2D eigenvalue weighted by Crippen LogP contribution is -2.40. The Kier molecular flexibility index (Phi) is 6.34. The molecule has 146 valence electrons. The number of nitrogens with one attached hydrogen (secondary N) is 1. The molecule has 1 saturated carbocycles. The number of sulfonamides is 1. The molecule has 1 fully saturated rings. The number of hydrogen-bond donors (Lipinski definition) is 1. The zero-order valence-corrected chi connectivity index (χ0v) is 17.1. The Labute approximate surface area is 157 Å². The molecule has 0 aliphatic heterocycles. The van der Waals surface area contributed by atoms with Crippen LogP contribution in [0.4, 0.5) is 0 Å². The normalized spacial score (nSPS) is 15.0. The van der Waals surface area contributed by atoms with Crippen molar-refractivity contribution >= 4 is 15.9 Å². The number of rotatable bonds is 8. The van der Waals surface area contributed by atoms with Crippen LogP contribution >= 0.6 is 0 Å². The van der Waals surface area contributed by atoms with Crippen LogP contribution < -0.4 is 9.46 Å². The summed E-state index contributed by atoms with van der Waals surface area (Å²) < 4.78 is 33.4. The van der Waals surface area contributed by atoms with Crippen molar-refractivity contribution in [2.45, 2.75) is 57.4 Å². The lowest BCUT2D eigenvalue weighted by atomic mass is 10.1. The Morgan fingerprint density at radius 2 is 1.96 bits per heavy atom. The van der Waals surface area contributed by atoms with Crippen LogP contribution in [0.5, 0.6) is 5.75 Å². The maximum absolute atomic E-state index is 12.9. The Bertz CT molecular complexity index is 749. The van der Waals surface area contributed by atoms with Gasteiger partial charge in [-0.2, -0.15) is 0 Å². The topological polar surface area (TPSA) is 75.7 Å². The monoisotopic (exact) mass is 382 g/mol. The van der Waals surface area contributed by atoms with E-state index in [-0.39, 0.29) is 16.6 Å². The fraction of sp³-hybridized carbons (Fsp3) is 0.632. The molecule has 1 amide bonds. The third-order valence-electron chi connectivity index (χ3n) is 4.10. The van der Waals surface area contributed by atoms with Crippen LogP contribution in [0.25, 0.3) is 0 Å². The summed E-state index contributed by atoms with van der Waals surface area (Å²) in [5.41, 5.74) is -0.265. The highest BCUT2D eigenvalue weighted by Crippen LogP contribution is 2.31. The predicted octanol–water partition coefficient (Wildman–Crippen LogP) is 3.03. The molecular weight excluding hydrogens is 352 g/mol. The molecule has 6 nitrogen and oxygen atoms in total. The van der Waals surface area contributed by atoms with Crippen molar-refractivity contribution in [2.75, 3.05) is 20.2 Å². The average molecular weight is 383 g/mol. The van der Waals surface area contributed by atoms with Crippen LogP contribution in [0.15, 0.2) is 23.1 Å². The second kappa shape index (κ2) is 7.96. The number of benzene rings is 1. The van der Waals surface area contributed by atoms with Crippen molar-refractivity contribution < 1.29 is 17.9 Å². The lowest BCUT2D eigenvalue weighted by Gasteiger charge is -2.24. The SMILES string of the molecule is CCCN(CC1CC1)C(=O)c1ccc(OC)c(S(=O)(=O)NC(C)(C)C)c1. The lowest BCUT2D eigenvalue weighted by molar-refractivity contribution is 0.0747. The van der Waals surface area contributed by atoms with Gasteiger partial charge in [0, 0.05) is 24.2 Å². The Morgan fingerprint density at radius 1 is 1.31 bits per heavy atom. The molecule has 1 aromatic rings. The number of nitrogens with zero attached hydrogens (tertiary/aromatic N) is 1. The van der Waals surface area contributed by atoms with E-state index < -0.39 is 15.6 Å². The summed E-state index contributed by atoms with van der Waals surface area (Å²) in [6.45, 7) is 8.75. The molecule has 0 unspecified atom stereocenters. The molecular formula is C19H30N2O4S. The smallest absolute Gasteiger partial charge is 0.253 e. The quantitative estimate of drug-likeness (QED) is 0.750. The molecule has 7 heteroatoms. The van der Waals surface area contributed by atoms with Gasteiger partial charge in [0.15, 0.2) is 0 Å². The minimum atomic E-state index is -3.81. The van der Waals surface area contributed by atoms with Crippen molar-refractivity contribution in [3.8, 4) is 5.75 Å². The van der Waals surface area contributed by atoms with Crippen LogP contribution in [0.2, 0.25) is 0 Å². The Balaban J connectivity index is 2.37. The molecule has 0 atom stereocenters. The molecule has 26 heavy (non-hydrogen) atoms. The average Bonchev–Trinajstić information content (AvgIpc) is 3.35. The van der Waals surface area contributed by atoms with E-state index in [1.165, 1.54) is 13.2 Å². The van der Waals surface area contributed by atoms with Crippen molar-refractivity contribution in [2.24, 2.45) is 5.92 Å². The standard InChI is InChI=1S/C19H30N2O4S/c1-6-11-21(13-14-7-8-14)18(22)15-9-10-16(25-5)17(12-15)26(23,24)20-19(2,3)4/h9-10,12,14,20H,6-8,11,13H2,1-5H3. The molecule has 0 aromatic heterocycles. The van der Waals surface area contributed by atoms with Crippen molar-refractivity contribution in [1.29, 1.82) is 0 Å². The first-order valence-electron chi connectivity index (χ1n) is 9.08. The van der Waals surface area contributed by atoms with E-state index in [9.17, 15) is 13.2 Å². The van der Waals surface area contributed by atoms with E-state index in [1.54, 1.807) is 32.9 Å². The largest absolute Gasteiger partial charge is 0.495 e. The summed E-state index contributed by atoms with van der Waals surface area (Å²) in [6.07, 6.45) is 3.18. The molecule has 0 saturated heterocycles. The van der Waals surface area contributed by atoms with Gasteiger partial charge in [0.1, 0.15) is 10.6 Å². The number of ether oxygens (including phenoxy) is 1. The second-order valence-corrected chi connectivity index (χ2v) is 9.57. The summed E-state index contributed by atoms with van der Waals surface area (Å²) in [6, 6.07) is 4.60. The fourth-order valence-corrected chi connectivity index (χ4v) is 4.43. The van der Waals surface area contributed by atoms with E-state index in [2.05, 4.69) is 4.72 Å². The van der Waals surface area contributed by atoms with Crippen LogP contribution in [0, 0.1) is 5.92 Å². The first kappa shape index (κ1) is 20.7. The fourth-order valence-electron chi connectivity index (χ4n) is 2.82. The highest BCUT2D eigenvalue weighted by atomic mass is 32.2. The molecule has 1 aliphatic rings. The summed E-state index contributed by atoms with van der Waals surface area (Å²) in [5.74, 6) is 0.672. The first-order chi connectivity index (χ1) is 12.1. The molecule has 1 N–H and O–H groups in total. The Hall–Kier alpha value is -1.60. The first-order valence-corrected chi connectivity index (χ1v) is 10.6. The van der Waals surface area contributed by atoms with Gasteiger partial charge in [-0.25, -0.2) is 13.1 Å². The zero-order valence-electron chi connectivity index (χ0n) is 16.3. The summed E-state index contributed by atoms with van der Waals surface area (Å²) in [7, 11) is -2.39. The summed E-state index contributed by atoms with van der Waals surface area (Å²) in [5, 5.41) is 0. The molecule has 0 radical (unpaired) electrons. The van der Waals surface area contributed by atoms with Crippen molar-refractivity contribution in [3.63, 3.8) is 0 Å². The molecule has 0 spiro atoms. The van der Waals surface area contributed by atoms with E-state index in [1.807, 2.05) is 11.8 Å². The summed E-state index contributed by atoms with van der Waals surface area (Å²) in [4.78, 5) is 14.7. The highest BCUT2D eigenvalue weighted by molar-refractivity contribution is 7.89. The van der Waals surface area contributed by atoms with Gasteiger partial charge in [-0.05, 0) is 64.2 Å². The van der Waals surface area contributed by atoms with E-state index in [4.69, 9.17) is 4.74 Å². The summed E-state index contributed by atoms with van der Waals surface area (Å²) >= 11 is 0. The van der Waals surface area contributed by atoms with Gasteiger partial charge in [0.2, 0.25) is 10.0 Å². The van der Waals surface area contributed by atoms with Gasteiger partial charge >= 0.3 is 0 Å².